The molecular formula is C20H21N3O2. The van der Waals surface area contributed by atoms with E-state index in [1.165, 1.54) is 17.8 Å². The van der Waals surface area contributed by atoms with Crippen LogP contribution >= 0.6 is 0 Å². The van der Waals surface area contributed by atoms with Gasteiger partial charge in [-0.2, -0.15) is 5.26 Å². The van der Waals surface area contributed by atoms with Crippen molar-refractivity contribution in [1.82, 2.24) is 0 Å². The highest BCUT2D eigenvalue weighted by Gasteiger charge is 2.10. The summed E-state index contributed by atoms with van der Waals surface area (Å²) in [4.78, 5) is 12.2. The second kappa shape index (κ2) is 8.02. The van der Waals surface area contributed by atoms with E-state index in [1.54, 1.807) is 12.1 Å². The first kappa shape index (κ1) is 18.1. The van der Waals surface area contributed by atoms with Gasteiger partial charge in [0.05, 0.1) is 0 Å². The van der Waals surface area contributed by atoms with Crippen LogP contribution in [0.1, 0.15) is 30.9 Å². The quantitative estimate of drug-likeness (QED) is 0.432. The number of nitrogens with zero attached hydrogens (tertiary/aromatic N) is 1. The molecule has 1 amide bonds. The SMILES string of the molecule is Cc1cc(O)ccc1N/C=C(/C#N)C(=O)Nc1ccc(C(C)C)cc1. The van der Waals surface area contributed by atoms with Crippen LogP contribution in [0.2, 0.25) is 0 Å². The number of nitrogens with one attached hydrogen (secondary N) is 2. The lowest BCUT2D eigenvalue weighted by molar-refractivity contribution is -0.112. The third kappa shape index (κ3) is 4.85. The van der Waals surface area contributed by atoms with Gasteiger partial charge >= 0.3 is 0 Å². The van der Waals surface area contributed by atoms with Crippen LogP contribution in [0.5, 0.6) is 5.75 Å². The van der Waals surface area contributed by atoms with Crippen LogP contribution in [0.25, 0.3) is 0 Å². The van der Waals surface area contributed by atoms with Crippen molar-refractivity contribution in [2.45, 2.75) is 26.7 Å². The van der Waals surface area contributed by atoms with Crippen molar-refractivity contribution in [3.05, 3.63) is 65.4 Å². The van der Waals surface area contributed by atoms with Gasteiger partial charge in [0.2, 0.25) is 0 Å². The second-order valence-electron chi connectivity index (χ2n) is 6.04. The Balaban J connectivity index is 2.08. The minimum Gasteiger partial charge on any atom is -0.508 e. The summed E-state index contributed by atoms with van der Waals surface area (Å²) in [6, 6.07) is 14.2. The second-order valence-corrected chi connectivity index (χ2v) is 6.04. The van der Waals surface area contributed by atoms with Gasteiger partial charge in [0.15, 0.2) is 0 Å². The number of hydrogen-bond donors (Lipinski definition) is 3. The molecule has 0 unspecified atom stereocenters. The van der Waals surface area contributed by atoms with E-state index in [9.17, 15) is 15.2 Å². The monoisotopic (exact) mass is 335 g/mol. The van der Waals surface area contributed by atoms with Crippen molar-refractivity contribution >= 4 is 17.3 Å². The summed E-state index contributed by atoms with van der Waals surface area (Å²) in [6.07, 6.45) is 1.36. The highest BCUT2D eigenvalue weighted by atomic mass is 16.3. The van der Waals surface area contributed by atoms with E-state index in [0.717, 1.165) is 5.56 Å². The zero-order valence-corrected chi connectivity index (χ0v) is 14.5. The lowest BCUT2D eigenvalue weighted by Crippen LogP contribution is -2.14. The topological polar surface area (TPSA) is 85.2 Å². The van der Waals surface area contributed by atoms with E-state index in [2.05, 4.69) is 24.5 Å². The molecule has 5 nitrogen and oxygen atoms in total. The molecule has 0 aliphatic carbocycles. The average molecular weight is 335 g/mol. The van der Waals surface area contributed by atoms with Gasteiger partial charge in [0.25, 0.3) is 5.91 Å². The van der Waals surface area contributed by atoms with Gasteiger partial charge in [-0.05, 0) is 54.3 Å². The van der Waals surface area contributed by atoms with E-state index in [-0.39, 0.29) is 11.3 Å². The number of rotatable bonds is 5. The maximum atomic E-state index is 12.2. The maximum Gasteiger partial charge on any atom is 0.267 e. The van der Waals surface area contributed by atoms with Crippen LogP contribution < -0.4 is 10.6 Å². The zero-order chi connectivity index (χ0) is 18.4. The molecule has 0 spiro atoms. The molecule has 0 saturated heterocycles. The number of phenols is 1. The third-order valence-electron chi connectivity index (χ3n) is 3.78. The van der Waals surface area contributed by atoms with Gasteiger partial charge in [-0.3, -0.25) is 4.79 Å². The van der Waals surface area contributed by atoms with E-state index >= 15 is 0 Å². The van der Waals surface area contributed by atoms with Crippen LogP contribution in [0.4, 0.5) is 11.4 Å². The zero-order valence-electron chi connectivity index (χ0n) is 14.5. The molecular weight excluding hydrogens is 314 g/mol. The molecule has 0 aliphatic heterocycles. The largest absolute Gasteiger partial charge is 0.508 e. The van der Waals surface area contributed by atoms with Gasteiger partial charge in [-0.25, -0.2) is 0 Å². The van der Waals surface area contributed by atoms with E-state index in [1.807, 2.05) is 37.3 Å². The normalized spacial score (nSPS) is 11.1. The summed E-state index contributed by atoms with van der Waals surface area (Å²) in [7, 11) is 0. The fraction of sp³-hybridized carbons (Fsp3) is 0.200. The summed E-state index contributed by atoms with van der Waals surface area (Å²) < 4.78 is 0. The molecule has 2 aromatic rings. The Morgan fingerprint density at radius 2 is 1.88 bits per heavy atom. The average Bonchev–Trinajstić information content (AvgIpc) is 2.57. The highest BCUT2D eigenvalue weighted by Crippen LogP contribution is 2.21. The summed E-state index contributed by atoms with van der Waals surface area (Å²) in [6.45, 7) is 6.01. The predicted molar refractivity (Wildman–Crippen MR) is 99.3 cm³/mol. The molecule has 3 N–H and O–H groups in total. The number of benzene rings is 2. The first-order chi connectivity index (χ1) is 11.9. The lowest BCUT2D eigenvalue weighted by Gasteiger charge is -2.09. The molecule has 5 heteroatoms. The number of amides is 1. The molecule has 0 atom stereocenters. The minimum absolute atomic E-state index is 0.0413. The first-order valence-electron chi connectivity index (χ1n) is 7.98. The molecule has 0 aliphatic rings. The van der Waals surface area contributed by atoms with Crippen LogP contribution in [0.3, 0.4) is 0 Å². The summed E-state index contributed by atoms with van der Waals surface area (Å²) in [5.74, 6) is 0.0934. The molecule has 0 radical (unpaired) electrons. The van der Waals surface area contributed by atoms with Crippen molar-refractivity contribution < 1.29 is 9.90 Å². The number of carbonyl (C=O) groups is 1. The Labute approximate surface area is 147 Å². The molecule has 0 fully saturated rings. The number of phenolic OH excluding ortho intramolecular Hbond substituents is 1. The molecule has 25 heavy (non-hydrogen) atoms. The van der Waals surface area contributed by atoms with Crippen molar-refractivity contribution in [1.29, 1.82) is 5.26 Å². The van der Waals surface area contributed by atoms with Crippen molar-refractivity contribution in [3.63, 3.8) is 0 Å². The van der Waals surface area contributed by atoms with E-state index in [4.69, 9.17) is 0 Å². The lowest BCUT2D eigenvalue weighted by atomic mass is 10.0. The molecule has 0 heterocycles. The Bertz CT molecular complexity index is 831. The van der Waals surface area contributed by atoms with Crippen LogP contribution in [0, 0.1) is 18.3 Å². The van der Waals surface area contributed by atoms with Crippen LogP contribution in [-0.4, -0.2) is 11.0 Å². The van der Waals surface area contributed by atoms with Crippen LogP contribution in [-0.2, 0) is 4.79 Å². The molecule has 0 aromatic heterocycles. The fourth-order valence-corrected chi connectivity index (χ4v) is 2.26. The number of aromatic hydroxyl groups is 1. The third-order valence-corrected chi connectivity index (χ3v) is 3.78. The summed E-state index contributed by atoms with van der Waals surface area (Å²) in [5, 5.41) is 24.3. The van der Waals surface area contributed by atoms with E-state index < -0.39 is 5.91 Å². The number of nitriles is 1. The molecule has 0 bridgehead atoms. The Kier molecular flexibility index (Phi) is 5.80. The Hall–Kier alpha value is -3.26. The van der Waals surface area contributed by atoms with Crippen LogP contribution in [0.15, 0.2) is 54.2 Å². The summed E-state index contributed by atoms with van der Waals surface area (Å²) >= 11 is 0. The number of carbonyl (C=O) groups excluding carboxylic acids is 1. The maximum absolute atomic E-state index is 12.2. The predicted octanol–water partition coefficient (Wildman–Crippen LogP) is 4.28. The number of hydrogen-bond acceptors (Lipinski definition) is 4. The minimum atomic E-state index is -0.483. The number of aryl methyl sites for hydroxylation is 1. The van der Waals surface area contributed by atoms with Gasteiger partial charge in [0.1, 0.15) is 17.4 Å². The van der Waals surface area contributed by atoms with Crippen molar-refractivity contribution in [3.8, 4) is 11.8 Å². The first-order valence-corrected chi connectivity index (χ1v) is 7.98. The van der Waals surface area contributed by atoms with Gasteiger partial charge in [0, 0.05) is 17.6 Å². The standard InChI is InChI=1S/C20H21N3O2/c1-13(2)15-4-6-17(7-5-15)23-20(25)16(11-21)12-22-19-9-8-18(24)10-14(19)3/h4-10,12-13,22,24H,1-3H3,(H,23,25)/b16-12-. The Morgan fingerprint density at radius 1 is 1.20 bits per heavy atom. The summed E-state index contributed by atoms with van der Waals surface area (Å²) in [5.41, 5.74) is 3.29. The molecule has 128 valence electrons. The Morgan fingerprint density at radius 3 is 2.44 bits per heavy atom. The van der Waals surface area contributed by atoms with Gasteiger partial charge in [-0.1, -0.05) is 26.0 Å². The molecule has 2 aromatic carbocycles. The van der Waals surface area contributed by atoms with Gasteiger partial charge < -0.3 is 15.7 Å². The molecule has 2 rings (SSSR count). The number of anilines is 2. The van der Waals surface area contributed by atoms with E-state index in [0.29, 0.717) is 17.3 Å². The fourth-order valence-electron chi connectivity index (χ4n) is 2.26. The van der Waals surface area contributed by atoms with Crippen molar-refractivity contribution in [2.24, 2.45) is 0 Å². The highest BCUT2D eigenvalue weighted by molar-refractivity contribution is 6.06. The van der Waals surface area contributed by atoms with Gasteiger partial charge in [-0.15, -0.1) is 0 Å². The molecule has 0 saturated carbocycles. The van der Waals surface area contributed by atoms with Crippen molar-refractivity contribution in [2.75, 3.05) is 10.6 Å². The smallest absolute Gasteiger partial charge is 0.267 e.